The number of para-hydroxylation sites is 1. The van der Waals surface area contributed by atoms with E-state index in [-0.39, 0.29) is 12.1 Å². The van der Waals surface area contributed by atoms with Crippen LogP contribution in [0.25, 0.3) is 0 Å². The van der Waals surface area contributed by atoms with Crippen molar-refractivity contribution in [3.63, 3.8) is 0 Å². The Morgan fingerprint density at radius 2 is 1.90 bits per heavy atom. The molecule has 0 spiro atoms. The van der Waals surface area contributed by atoms with Crippen LogP contribution in [0.5, 0.6) is 5.75 Å². The summed E-state index contributed by atoms with van der Waals surface area (Å²) in [5, 5.41) is 5.78. The van der Waals surface area contributed by atoms with Gasteiger partial charge in [0.05, 0.1) is 12.6 Å². The molecule has 0 saturated carbocycles. The second-order valence-corrected chi connectivity index (χ2v) is 4.95. The molecule has 0 saturated heterocycles. The van der Waals surface area contributed by atoms with Gasteiger partial charge in [-0.3, -0.25) is 0 Å². The molecule has 0 fully saturated rings. The van der Waals surface area contributed by atoms with Gasteiger partial charge in [-0.15, -0.1) is 0 Å². The molecule has 0 aromatic heterocycles. The number of anilines is 2. The average molecular weight is 283 g/mol. The molecule has 3 rings (SSSR count). The minimum atomic E-state index is -0.235. The number of hydrogen-bond donors (Lipinski definition) is 3. The summed E-state index contributed by atoms with van der Waals surface area (Å²) in [6.07, 6.45) is 0.756. The van der Waals surface area contributed by atoms with Crippen LogP contribution in [-0.2, 0) is 0 Å². The molecule has 2 amide bonds. The third kappa shape index (κ3) is 3.08. The number of urea groups is 1. The number of carbonyl (C=O) groups excluding carboxylic acids is 1. The maximum Gasteiger partial charge on any atom is 0.319 e. The molecule has 0 radical (unpaired) electrons. The number of fused-ring (bicyclic) bond motifs is 1. The van der Waals surface area contributed by atoms with Crippen molar-refractivity contribution in [1.82, 2.24) is 5.32 Å². The predicted molar refractivity (Wildman–Crippen MR) is 82.3 cm³/mol. The van der Waals surface area contributed by atoms with Gasteiger partial charge in [0.1, 0.15) is 5.75 Å². The highest BCUT2D eigenvalue weighted by Gasteiger charge is 2.22. The van der Waals surface area contributed by atoms with Crippen LogP contribution in [0.3, 0.4) is 0 Å². The van der Waals surface area contributed by atoms with Gasteiger partial charge in [0.2, 0.25) is 0 Å². The van der Waals surface area contributed by atoms with E-state index >= 15 is 0 Å². The summed E-state index contributed by atoms with van der Waals surface area (Å²) in [6.45, 7) is 0.601. The van der Waals surface area contributed by atoms with Crippen LogP contribution in [0.15, 0.2) is 48.5 Å². The minimum Gasteiger partial charge on any atom is -0.493 e. The van der Waals surface area contributed by atoms with E-state index in [1.165, 1.54) is 0 Å². The lowest BCUT2D eigenvalue weighted by Gasteiger charge is -2.26. The van der Waals surface area contributed by atoms with E-state index in [0.717, 1.165) is 17.7 Å². The Bertz CT molecular complexity index is 640. The van der Waals surface area contributed by atoms with Crippen molar-refractivity contribution < 1.29 is 9.53 Å². The van der Waals surface area contributed by atoms with Gasteiger partial charge < -0.3 is 21.1 Å². The zero-order valence-electron chi connectivity index (χ0n) is 11.5. The van der Waals surface area contributed by atoms with Gasteiger partial charge >= 0.3 is 6.03 Å². The third-order valence-electron chi connectivity index (χ3n) is 3.43. The van der Waals surface area contributed by atoms with Gasteiger partial charge in [-0.05, 0) is 30.3 Å². The lowest BCUT2D eigenvalue weighted by Crippen LogP contribution is -2.35. The number of rotatable bonds is 2. The van der Waals surface area contributed by atoms with Gasteiger partial charge in [0, 0.05) is 23.4 Å². The molecule has 108 valence electrons. The first-order chi connectivity index (χ1) is 10.2. The molecule has 1 aliphatic heterocycles. The maximum absolute atomic E-state index is 12.1. The van der Waals surface area contributed by atoms with E-state index in [4.69, 9.17) is 10.5 Å². The molecular formula is C16H17N3O2. The quantitative estimate of drug-likeness (QED) is 0.742. The van der Waals surface area contributed by atoms with Crippen molar-refractivity contribution in [2.45, 2.75) is 12.5 Å². The second-order valence-electron chi connectivity index (χ2n) is 4.95. The number of hydrogen-bond acceptors (Lipinski definition) is 3. The molecule has 5 heteroatoms. The minimum absolute atomic E-state index is 0.0382. The number of benzene rings is 2. The van der Waals surface area contributed by atoms with Crippen molar-refractivity contribution in [2.75, 3.05) is 17.7 Å². The summed E-state index contributed by atoms with van der Waals surface area (Å²) >= 11 is 0. The Morgan fingerprint density at radius 3 is 2.71 bits per heavy atom. The summed E-state index contributed by atoms with van der Waals surface area (Å²) in [7, 11) is 0. The Balaban J connectivity index is 1.67. The first kappa shape index (κ1) is 13.3. The van der Waals surface area contributed by atoms with Crippen LogP contribution >= 0.6 is 0 Å². The Morgan fingerprint density at radius 1 is 1.14 bits per heavy atom. The predicted octanol–water partition coefficient (Wildman–Crippen LogP) is 2.91. The number of ether oxygens (including phenoxy) is 1. The molecule has 0 aliphatic carbocycles. The molecule has 1 unspecified atom stereocenters. The normalized spacial score (nSPS) is 16.5. The van der Waals surface area contributed by atoms with E-state index in [1.807, 2.05) is 24.3 Å². The molecule has 1 heterocycles. The highest BCUT2D eigenvalue weighted by molar-refractivity contribution is 5.89. The highest BCUT2D eigenvalue weighted by atomic mass is 16.5. The van der Waals surface area contributed by atoms with Crippen LogP contribution in [0.2, 0.25) is 0 Å². The first-order valence-electron chi connectivity index (χ1n) is 6.87. The second kappa shape index (κ2) is 5.75. The van der Waals surface area contributed by atoms with Gasteiger partial charge in [0.15, 0.2) is 0 Å². The molecular weight excluding hydrogens is 266 g/mol. The lowest BCUT2D eigenvalue weighted by atomic mass is 10.0. The Hall–Kier alpha value is -2.69. The Kier molecular flexibility index (Phi) is 3.64. The van der Waals surface area contributed by atoms with Crippen LogP contribution in [0.1, 0.15) is 18.0 Å². The third-order valence-corrected chi connectivity index (χ3v) is 3.43. The van der Waals surface area contributed by atoms with Crippen LogP contribution < -0.4 is 21.1 Å². The van der Waals surface area contributed by atoms with E-state index in [2.05, 4.69) is 10.6 Å². The van der Waals surface area contributed by atoms with E-state index in [0.29, 0.717) is 18.0 Å². The summed E-state index contributed by atoms with van der Waals surface area (Å²) in [4.78, 5) is 12.1. The maximum atomic E-state index is 12.1. The largest absolute Gasteiger partial charge is 0.493 e. The summed E-state index contributed by atoms with van der Waals surface area (Å²) < 4.78 is 5.58. The van der Waals surface area contributed by atoms with Crippen LogP contribution in [-0.4, -0.2) is 12.6 Å². The van der Waals surface area contributed by atoms with Crippen molar-refractivity contribution in [3.8, 4) is 5.75 Å². The Labute approximate surface area is 123 Å². The van der Waals surface area contributed by atoms with Crippen LogP contribution in [0.4, 0.5) is 16.2 Å². The van der Waals surface area contributed by atoms with Gasteiger partial charge in [-0.2, -0.15) is 0 Å². The number of amides is 2. The lowest BCUT2D eigenvalue weighted by molar-refractivity contribution is 0.232. The fourth-order valence-corrected chi connectivity index (χ4v) is 2.38. The zero-order chi connectivity index (χ0) is 14.7. The van der Waals surface area contributed by atoms with Crippen molar-refractivity contribution in [3.05, 3.63) is 54.1 Å². The molecule has 1 aliphatic rings. The molecule has 2 aromatic rings. The fraction of sp³-hybridized carbons (Fsp3) is 0.188. The van der Waals surface area contributed by atoms with Gasteiger partial charge in [-0.25, -0.2) is 4.79 Å². The van der Waals surface area contributed by atoms with Crippen molar-refractivity contribution in [1.29, 1.82) is 0 Å². The van der Waals surface area contributed by atoms with Gasteiger partial charge in [-0.1, -0.05) is 18.2 Å². The molecule has 5 nitrogen and oxygen atoms in total. The fourth-order valence-electron chi connectivity index (χ4n) is 2.38. The standard InChI is InChI=1S/C16H17N3O2/c17-11-5-7-12(8-6-11)18-16(20)19-14-9-10-21-15-4-2-1-3-13(14)15/h1-8,14H,9-10,17H2,(H2,18,19,20). The number of nitrogens with one attached hydrogen (secondary N) is 2. The number of carbonyl (C=O) groups is 1. The molecule has 4 N–H and O–H groups in total. The van der Waals surface area contributed by atoms with Gasteiger partial charge in [0.25, 0.3) is 0 Å². The molecule has 2 aromatic carbocycles. The van der Waals surface area contributed by atoms with Crippen molar-refractivity contribution >= 4 is 17.4 Å². The van der Waals surface area contributed by atoms with Crippen LogP contribution in [0, 0.1) is 0 Å². The molecule has 21 heavy (non-hydrogen) atoms. The summed E-state index contributed by atoms with van der Waals surface area (Å²) in [6, 6.07) is 14.5. The number of nitrogen functional groups attached to an aromatic ring is 1. The average Bonchev–Trinajstić information content (AvgIpc) is 2.50. The highest BCUT2D eigenvalue weighted by Crippen LogP contribution is 2.31. The van der Waals surface area contributed by atoms with Crippen molar-refractivity contribution in [2.24, 2.45) is 0 Å². The topological polar surface area (TPSA) is 76.4 Å². The van der Waals surface area contributed by atoms with E-state index in [9.17, 15) is 4.79 Å². The summed E-state index contributed by atoms with van der Waals surface area (Å²) in [5.74, 6) is 0.835. The SMILES string of the molecule is Nc1ccc(NC(=O)NC2CCOc3ccccc32)cc1. The molecule has 0 bridgehead atoms. The monoisotopic (exact) mass is 283 g/mol. The zero-order valence-corrected chi connectivity index (χ0v) is 11.5. The van der Waals surface area contributed by atoms with E-state index < -0.39 is 0 Å². The summed E-state index contributed by atoms with van der Waals surface area (Å²) in [5.41, 5.74) is 8.00. The van der Waals surface area contributed by atoms with E-state index in [1.54, 1.807) is 24.3 Å². The first-order valence-corrected chi connectivity index (χ1v) is 6.87. The smallest absolute Gasteiger partial charge is 0.319 e. The number of nitrogens with two attached hydrogens (primary N) is 1. The molecule has 1 atom stereocenters.